The number of benzene rings is 1. The maximum Gasteiger partial charge on any atom is 0.270 e. The molecule has 1 atom stereocenters. The molecular weight excluding hydrogens is 318 g/mol. The number of hydrogen-bond acceptors (Lipinski definition) is 5. The van der Waals surface area contributed by atoms with Gasteiger partial charge >= 0.3 is 0 Å². The topological polar surface area (TPSA) is 85.8 Å². The number of aromatic nitrogens is 4. The first-order valence-corrected chi connectivity index (χ1v) is 8.23. The summed E-state index contributed by atoms with van der Waals surface area (Å²) in [7, 11) is 1.75. The van der Waals surface area contributed by atoms with Gasteiger partial charge in [-0.25, -0.2) is 0 Å². The van der Waals surface area contributed by atoms with Gasteiger partial charge in [0, 0.05) is 12.6 Å². The molecule has 7 heteroatoms. The van der Waals surface area contributed by atoms with Crippen LogP contribution in [0.25, 0.3) is 11.4 Å². The summed E-state index contributed by atoms with van der Waals surface area (Å²) in [6.07, 6.45) is 0.778. The van der Waals surface area contributed by atoms with Gasteiger partial charge in [0.25, 0.3) is 5.91 Å². The predicted octanol–water partition coefficient (Wildman–Crippen LogP) is 2.83. The molecule has 130 valence electrons. The second kappa shape index (κ2) is 6.88. The fraction of sp³-hybridized carbons (Fsp3) is 0.333. The summed E-state index contributed by atoms with van der Waals surface area (Å²) in [6.45, 7) is 5.80. The molecule has 7 nitrogen and oxygen atoms in total. The van der Waals surface area contributed by atoms with E-state index in [-0.39, 0.29) is 5.91 Å². The Balaban J connectivity index is 1.75. The number of nitrogens with one attached hydrogen (secondary N) is 1. The lowest BCUT2D eigenvalue weighted by Gasteiger charge is -2.09. The summed E-state index contributed by atoms with van der Waals surface area (Å²) >= 11 is 0. The SMILES string of the molecule is CCc1cc(C(=O)NC(C)c2nc(-c3ccccc3C)no2)n(C)n1. The number of carbonyl (C=O) groups excluding carboxylic acids is 1. The molecular formula is C18H21N5O2. The number of aryl methyl sites for hydroxylation is 3. The monoisotopic (exact) mass is 339 g/mol. The van der Waals surface area contributed by atoms with Crippen molar-refractivity contribution in [3.8, 4) is 11.4 Å². The van der Waals surface area contributed by atoms with Crippen LogP contribution in [-0.4, -0.2) is 25.8 Å². The highest BCUT2D eigenvalue weighted by atomic mass is 16.5. The molecule has 0 saturated carbocycles. The summed E-state index contributed by atoms with van der Waals surface area (Å²) in [5.41, 5.74) is 3.35. The highest BCUT2D eigenvalue weighted by Crippen LogP contribution is 2.22. The van der Waals surface area contributed by atoms with Gasteiger partial charge in [-0.1, -0.05) is 36.3 Å². The molecule has 0 spiro atoms. The van der Waals surface area contributed by atoms with Crippen molar-refractivity contribution >= 4 is 5.91 Å². The van der Waals surface area contributed by atoms with Gasteiger partial charge in [0.1, 0.15) is 11.7 Å². The summed E-state index contributed by atoms with van der Waals surface area (Å²) in [5.74, 6) is 0.658. The highest BCUT2D eigenvalue weighted by molar-refractivity contribution is 5.92. The van der Waals surface area contributed by atoms with E-state index in [9.17, 15) is 4.79 Å². The molecule has 2 aromatic heterocycles. The Labute approximate surface area is 146 Å². The van der Waals surface area contributed by atoms with Crippen molar-refractivity contribution in [3.05, 3.63) is 53.2 Å². The number of hydrogen-bond donors (Lipinski definition) is 1. The first kappa shape index (κ1) is 16.9. The second-order valence-electron chi connectivity index (χ2n) is 5.96. The van der Waals surface area contributed by atoms with E-state index < -0.39 is 6.04 Å². The molecule has 1 unspecified atom stereocenters. The van der Waals surface area contributed by atoms with Crippen LogP contribution in [0.5, 0.6) is 0 Å². The fourth-order valence-electron chi connectivity index (χ4n) is 2.59. The molecule has 1 aromatic carbocycles. The van der Waals surface area contributed by atoms with Crippen molar-refractivity contribution in [2.24, 2.45) is 7.05 Å². The molecule has 25 heavy (non-hydrogen) atoms. The van der Waals surface area contributed by atoms with E-state index in [1.54, 1.807) is 17.8 Å². The maximum absolute atomic E-state index is 12.4. The standard InChI is InChI=1S/C18H21N5O2/c1-5-13-10-15(23(4)21-13)17(24)19-12(3)18-20-16(22-25-18)14-9-7-6-8-11(14)2/h6-10,12H,5H2,1-4H3,(H,19,24). The lowest BCUT2D eigenvalue weighted by Crippen LogP contribution is -2.28. The van der Waals surface area contributed by atoms with Crippen molar-refractivity contribution in [2.75, 3.05) is 0 Å². The third-order valence-corrected chi connectivity index (χ3v) is 4.07. The Morgan fingerprint density at radius 1 is 1.36 bits per heavy atom. The van der Waals surface area contributed by atoms with E-state index in [1.165, 1.54) is 0 Å². The minimum absolute atomic E-state index is 0.224. The van der Waals surface area contributed by atoms with Gasteiger partial charge in [-0.05, 0) is 31.9 Å². The maximum atomic E-state index is 12.4. The lowest BCUT2D eigenvalue weighted by molar-refractivity contribution is 0.0923. The van der Waals surface area contributed by atoms with Crippen LogP contribution in [0.3, 0.4) is 0 Å². The largest absolute Gasteiger partial charge is 0.339 e. The van der Waals surface area contributed by atoms with Gasteiger partial charge in [0.05, 0.1) is 5.69 Å². The Morgan fingerprint density at radius 2 is 2.12 bits per heavy atom. The minimum Gasteiger partial charge on any atom is -0.339 e. The van der Waals surface area contributed by atoms with Gasteiger partial charge in [0.2, 0.25) is 11.7 Å². The molecule has 0 saturated heterocycles. The quantitative estimate of drug-likeness (QED) is 0.772. The molecule has 0 aliphatic heterocycles. The molecule has 1 amide bonds. The summed E-state index contributed by atoms with van der Waals surface area (Å²) in [5, 5.41) is 11.2. The molecule has 2 heterocycles. The number of carbonyl (C=O) groups is 1. The Hall–Kier alpha value is -2.96. The van der Waals surface area contributed by atoms with Gasteiger partial charge in [0.15, 0.2) is 0 Å². The van der Waals surface area contributed by atoms with Crippen molar-refractivity contribution in [1.29, 1.82) is 0 Å². The van der Waals surface area contributed by atoms with E-state index in [0.717, 1.165) is 23.2 Å². The van der Waals surface area contributed by atoms with Gasteiger partial charge in [-0.15, -0.1) is 0 Å². The zero-order valence-electron chi connectivity index (χ0n) is 14.8. The molecule has 0 fully saturated rings. The summed E-state index contributed by atoms with van der Waals surface area (Å²) in [6, 6.07) is 9.20. The lowest BCUT2D eigenvalue weighted by atomic mass is 10.1. The van der Waals surface area contributed by atoms with Gasteiger partial charge < -0.3 is 9.84 Å². The van der Waals surface area contributed by atoms with Crippen molar-refractivity contribution in [3.63, 3.8) is 0 Å². The average molecular weight is 339 g/mol. The van der Waals surface area contributed by atoms with Crippen LogP contribution >= 0.6 is 0 Å². The van der Waals surface area contributed by atoms with Crippen molar-refractivity contribution < 1.29 is 9.32 Å². The zero-order chi connectivity index (χ0) is 18.0. The van der Waals surface area contributed by atoms with Crippen molar-refractivity contribution in [2.45, 2.75) is 33.2 Å². The van der Waals surface area contributed by atoms with E-state index in [4.69, 9.17) is 4.52 Å². The van der Waals surface area contributed by atoms with Gasteiger partial charge in [-0.2, -0.15) is 10.1 Å². The molecule has 3 aromatic rings. The normalized spacial score (nSPS) is 12.2. The Kier molecular flexibility index (Phi) is 4.65. The number of nitrogens with zero attached hydrogens (tertiary/aromatic N) is 4. The van der Waals surface area contributed by atoms with Gasteiger partial charge in [-0.3, -0.25) is 9.48 Å². The Morgan fingerprint density at radius 3 is 2.80 bits per heavy atom. The molecule has 3 rings (SSSR count). The second-order valence-corrected chi connectivity index (χ2v) is 5.96. The fourth-order valence-corrected chi connectivity index (χ4v) is 2.59. The first-order chi connectivity index (χ1) is 12.0. The zero-order valence-corrected chi connectivity index (χ0v) is 14.8. The summed E-state index contributed by atoms with van der Waals surface area (Å²) < 4.78 is 6.91. The Bertz CT molecular complexity index is 897. The van der Waals surface area contributed by atoms with Crippen LogP contribution in [0.2, 0.25) is 0 Å². The number of amides is 1. The van der Waals surface area contributed by atoms with Crippen LogP contribution in [0.1, 0.15) is 47.5 Å². The molecule has 0 radical (unpaired) electrons. The average Bonchev–Trinajstić information content (AvgIpc) is 3.22. The predicted molar refractivity (Wildman–Crippen MR) is 92.9 cm³/mol. The molecule has 0 aliphatic carbocycles. The van der Waals surface area contributed by atoms with E-state index in [1.807, 2.05) is 45.0 Å². The third-order valence-electron chi connectivity index (χ3n) is 4.07. The van der Waals surface area contributed by atoms with Crippen LogP contribution in [0.4, 0.5) is 0 Å². The van der Waals surface area contributed by atoms with Crippen LogP contribution in [0, 0.1) is 6.92 Å². The third kappa shape index (κ3) is 3.45. The van der Waals surface area contributed by atoms with E-state index in [0.29, 0.717) is 17.4 Å². The van der Waals surface area contributed by atoms with Crippen LogP contribution in [0.15, 0.2) is 34.9 Å². The van der Waals surface area contributed by atoms with Crippen LogP contribution in [-0.2, 0) is 13.5 Å². The van der Waals surface area contributed by atoms with E-state index in [2.05, 4.69) is 20.6 Å². The molecule has 0 aliphatic rings. The smallest absolute Gasteiger partial charge is 0.270 e. The first-order valence-electron chi connectivity index (χ1n) is 8.23. The number of rotatable bonds is 5. The van der Waals surface area contributed by atoms with E-state index >= 15 is 0 Å². The van der Waals surface area contributed by atoms with Crippen LogP contribution < -0.4 is 5.32 Å². The molecule has 0 bridgehead atoms. The summed E-state index contributed by atoms with van der Waals surface area (Å²) in [4.78, 5) is 16.9. The minimum atomic E-state index is -0.405. The van der Waals surface area contributed by atoms with Crippen molar-refractivity contribution in [1.82, 2.24) is 25.2 Å². The molecule has 1 N–H and O–H groups in total. The highest BCUT2D eigenvalue weighted by Gasteiger charge is 2.20.